The summed E-state index contributed by atoms with van der Waals surface area (Å²) in [5.74, 6) is 3.12. The number of rotatable bonds is 2. The van der Waals surface area contributed by atoms with E-state index in [1.165, 1.54) is 11.5 Å². The van der Waals surface area contributed by atoms with Crippen molar-refractivity contribution < 1.29 is 0 Å². The Morgan fingerprint density at radius 3 is 2.29 bits per heavy atom. The highest BCUT2D eigenvalue weighted by atomic mass is 79.9. The average Bonchev–Trinajstić information content (AvgIpc) is 2.07. The van der Waals surface area contributed by atoms with E-state index in [0.29, 0.717) is 16.0 Å². The monoisotopic (exact) mass is 309 g/mol. The third-order valence-electron chi connectivity index (χ3n) is 2.10. The summed E-state index contributed by atoms with van der Waals surface area (Å²) in [5.41, 5.74) is 1.12. The van der Waals surface area contributed by atoms with Gasteiger partial charge in [-0.05, 0) is 57.5 Å². The lowest BCUT2D eigenvalue weighted by Crippen LogP contribution is -2.18. The van der Waals surface area contributed by atoms with Gasteiger partial charge >= 0.3 is 0 Å². The molecule has 1 aliphatic heterocycles. The largest absolute Gasteiger partial charge is 0.161 e. The summed E-state index contributed by atoms with van der Waals surface area (Å²) >= 11 is 17.3. The fraction of sp³-hybridized carbons (Fsp3) is 0.300. The van der Waals surface area contributed by atoms with Gasteiger partial charge < -0.3 is 0 Å². The van der Waals surface area contributed by atoms with Gasteiger partial charge in [0, 0.05) is 0 Å². The molecule has 0 amide bonds. The van der Waals surface area contributed by atoms with Crippen LogP contribution in [0.25, 0.3) is 0 Å². The fourth-order valence-electron chi connectivity index (χ4n) is 1.29. The Kier molecular flexibility index (Phi) is 3.69. The minimum Gasteiger partial charge on any atom is -0.161 e. The minimum atomic E-state index is 0.677. The van der Waals surface area contributed by atoms with Crippen LogP contribution >= 0.6 is 50.9 Å². The maximum atomic E-state index is 6.01. The van der Waals surface area contributed by atoms with Crippen LogP contribution in [-0.4, -0.2) is 11.5 Å². The molecule has 0 unspecified atom stereocenters. The second kappa shape index (κ2) is 4.65. The van der Waals surface area contributed by atoms with Crippen molar-refractivity contribution in [2.24, 2.45) is 5.92 Å². The second-order valence-corrected chi connectivity index (χ2v) is 5.95. The maximum absolute atomic E-state index is 6.01. The van der Waals surface area contributed by atoms with Gasteiger partial charge in [-0.2, -0.15) is 11.8 Å². The highest BCUT2D eigenvalue weighted by Crippen LogP contribution is 2.35. The lowest BCUT2D eigenvalue weighted by atomic mass is 10.0. The first-order valence-corrected chi connectivity index (χ1v) is 6.94. The summed E-state index contributed by atoms with van der Waals surface area (Å²) in [4.78, 5) is 0. The van der Waals surface area contributed by atoms with Crippen LogP contribution in [0.15, 0.2) is 16.6 Å². The molecule has 1 aromatic rings. The molecule has 0 aromatic heterocycles. The molecule has 0 atom stereocenters. The SMILES string of the molecule is Clc1cc([CH]C2CSC2)cc(Cl)c1Br. The molecule has 0 nitrogen and oxygen atoms in total. The lowest BCUT2D eigenvalue weighted by molar-refractivity contribution is 0.762. The van der Waals surface area contributed by atoms with Crippen molar-refractivity contribution in [2.45, 2.75) is 0 Å². The van der Waals surface area contributed by atoms with Crippen molar-refractivity contribution in [2.75, 3.05) is 11.5 Å². The first kappa shape index (κ1) is 11.1. The van der Waals surface area contributed by atoms with Crippen LogP contribution in [0, 0.1) is 12.3 Å². The molecule has 1 heterocycles. The normalized spacial score (nSPS) is 16.8. The molecule has 1 radical (unpaired) electrons. The van der Waals surface area contributed by atoms with E-state index in [1.807, 2.05) is 23.9 Å². The van der Waals surface area contributed by atoms with Crippen LogP contribution in [0.4, 0.5) is 0 Å². The molecule has 1 fully saturated rings. The smallest absolute Gasteiger partial charge is 0.0566 e. The summed E-state index contributed by atoms with van der Waals surface area (Å²) in [6.07, 6.45) is 2.24. The molecule has 2 rings (SSSR count). The number of thioether (sulfide) groups is 1. The zero-order valence-electron chi connectivity index (χ0n) is 7.27. The molecular weight excluding hydrogens is 303 g/mol. The van der Waals surface area contributed by atoms with Crippen molar-refractivity contribution >= 4 is 50.9 Å². The summed E-state index contributed by atoms with van der Waals surface area (Å²) in [5, 5.41) is 1.35. The topological polar surface area (TPSA) is 0 Å². The molecular formula is C10H8BrCl2S. The van der Waals surface area contributed by atoms with Gasteiger partial charge in [0.15, 0.2) is 0 Å². The highest BCUT2D eigenvalue weighted by molar-refractivity contribution is 9.10. The summed E-state index contributed by atoms with van der Waals surface area (Å²) in [6, 6.07) is 3.89. The van der Waals surface area contributed by atoms with Crippen LogP contribution in [0.3, 0.4) is 0 Å². The van der Waals surface area contributed by atoms with E-state index in [9.17, 15) is 0 Å². The zero-order valence-corrected chi connectivity index (χ0v) is 11.2. The van der Waals surface area contributed by atoms with Gasteiger partial charge in [0.25, 0.3) is 0 Å². The second-order valence-electron chi connectivity index (χ2n) is 3.26. The van der Waals surface area contributed by atoms with E-state index in [2.05, 4.69) is 22.4 Å². The van der Waals surface area contributed by atoms with Gasteiger partial charge in [-0.15, -0.1) is 0 Å². The molecule has 0 bridgehead atoms. The Hall–Kier alpha value is 0.630. The average molecular weight is 311 g/mol. The predicted molar refractivity (Wildman–Crippen MR) is 68.4 cm³/mol. The molecule has 0 N–H and O–H groups in total. The summed E-state index contributed by atoms with van der Waals surface area (Å²) in [7, 11) is 0. The minimum absolute atomic E-state index is 0.677. The van der Waals surface area contributed by atoms with Gasteiger partial charge in [0.2, 0.25) is 0 Å². The quantitative estimate of drug-likeness (QED) is 0.715. The molecule has 4 heteroatoms. The number of benzene rings is 1. The first-order chi connectivity index (χ1) is 6.66. The van der Waals surface area contributed by atoms with Gasteiger partial charge in [-0.1, -0.05) is 23.2 Å². The van der Waals surface area contributed by atoms with Crippen LogP contribution in [0.2, 0.25) is 10.0 Å². The fourth-order valence-corrected chi connectivity index (χ4v) is 2.73. The third-order valence-corrected chi connectivity index (χ3v) is 5.33. The Morgan fingerprint density at radius 1 is 1.29 bits per heavy atom. The predicted octanol–water partition coefficient (Wildman–Crippen LogP) is 4.67. The molecule has 1 saturated heterocycles. The first-order valence-electron chi connectivity index (χ1n) is 4.24. The molecule has 0 spiro atoms. The van der Waals surface area contributed by atoms with Crippen LogP contribution < -0.4 is 0 Å². The Labute approximate surface area is 106 Å². The Bertz CT molecular complexity index is 327. The van der Waals surface area contributed by atoms with E-state index in [-0.39, 0.29) is 0 Å². The maximum Gasteiger partial charge on any atom is 0.0566 e. The van der Waals surface area contributed by atoms with E-state index < -0.39 is 0 Å². The molecule has 75 valence electrons. The number of halogens is 3. The molecule has 0 aliphatic carbocycles. The van der Waals surface area contributed by atoms with Crippen molar-refractivity contribution in [3.8, 4) is 0 Å². The van der Waals surface area contributed by atoms with E-state index in [0.717, 1.165) is 10.0 Å². The van der Waals surface area contributed by atoms with Crippen LogP contribution in [0.5, 0.6) is 0 Å². The van der Waals surface area contributed by atoms with Crippen LogP contribution in [0.1, 0.15) is 5.56 Å². The molecule has 14 heavy (non-hydrogen) atoms. The number of hydrogen-bond donors (Lipinski definition) is 0. The number of hydrogen-bond acceptors (Lipinski definition) is 1. The van der Waals surface area contributed by atoms with Gasteiger partial charge in [-0.25, -0.2) is 0 Å². The summed E-state index contributed by atoms with van der Waals surface area (Å²) < 4.78 is 0.779. The molecule has 0 saturated carbocycles. The van der Waals surface area contributed by atoms with Crippen molar-refractivity contribution in [1.29, 1.82) is 0 Å². The van der Waals surface area contributed by atoms with E-state index >= 15 is 0 Å². The van der Waals surface area contributed by atoms with Crippen molar-refractivity contribution in [1.82, 2.24) is 0 Å². The Morgan fingerprint density at radius 2 is 1.86 bits per heavy atom. The zero-order chi connectivity index (χ0) is 10.1. The lowest BCUT2D eigenvalue weighted by Gasteiger charge is -2.24. The van der Waals surface area contributed by atoms with E-state index in [1.54, 1.807) is 0 Å². The van der Waals surface area contributed by atoms with Crippen molar-refractivity contribution in [3.05, 3.63) is 38.6 Å². The van der Waals surface area contributed by atoms with E-state index in [4.69, 9.17) is 23.2 Å². The Balaban J connectivity index is 2.17. The molecule has 1 aromatic carbocycles. The highest BCUT2D eigenvalue weighted by Gasteiger charge is 2.19. The standard InChI is InChI=1S/C10H8BrCl2S/c11-10-8(12)2-6(3-9(10)13)1-7-4-14-5-7/h1-3,7H,4-5H2. The molecule has 1 aliphatic rings. The van der Waals surface area contributed by atoms with Gasteiger partial charge in [0.1, 0.15) is 0 Å². The summed E-state index contributed by atoms with van der Waals surface area (Å²) in [6.45, 7) is 0. The van der Waals surface area contributed by atoms with Crippen molar-refractivity contribution in [3.63, 3.8) is 0 Å². The van der Waals surface area contributed by atoms with Crippen LogP contribution in [-0.2, 0) is 0 Å². The third kappa shape index (κ3) is 2.41. The van der Waals surface area contributed by atoms with Gasteiger partial charge in [-0.3, -0.25) is 0 Å². The van der Waals surface area contributed by atoms with Gasteiger partial charge in [0.05, 0.1) is 14.5 Å².